The molecule has 2 aliphatic rings. The normalized spacial score (nSPS) is 18.8. The Bertz CT molecular complexity index is 1250. The van der Waals surface area contributed by atoms with E-state index in [4.69, 9.17) is 0 Å². The number of fused-ring (bicyclic) bond motifs is 1. The van der Waals surface area contributed by atoms with Crippen LogP contribution < -0.4 is 16.0 Å². The van der Waals surface area contributed by atoms with Gasteiger partial charge in [-0.15, -0.1) is 0 Å². The van der Waals surface area contributed by atoms with E-state index in [2.05, 4.69) is 16.0 Å². The number of anilines is 2. The molecular formula is C25H19N3O3S. The second-order valence-corrected chi connectivity index (χ2v) is 8.70. The molecule has 158 valence electrons. The van der Waals surface area contributed by atoms with Crippen molar-refractivity contribution >= 4 is 51.5 Å². The van der Waals surface area contributed by atoms with E-state index in [-0.39, 0.29) is 17.1 Å². The van der Waals surface area contributed by atoms with Crippen LogP contribution in [0.4, 0.5) is 16.2 Å². The maximum absolute atomic E-state index is 12.9. The smallest absolute Gasteiger partial charge is 0.286 e. The van der Waals surface area contributed by atoms with E-state index < -0.39 is 5.25 Å². The highest BCUT2D eigenvalue weighted by atomic mass is 32.2. The van der Waals surface area contributed by atoms with E-state index in [9.17, 15) is 14.4 Å². The number of hydrogen-bond donors (Lipinski definition) is 3. The number of hydrogen-bond acceptors (Lipinski definition) is 5. The summed E-state index contributed by atoms with van der Waals surface area (Å²) >= 11 is 1.02. The lowest BCUT2D eigenvalue weighted by molar-refractivity contribution is -0.119. The standard InChI is InChI=1S/C25H19N3O3S/c29-23-20(32-25(31)28-23)14-15-10-12-17(13-11-15)26-22(16-6-2-1-3-7-16)21-18-8-4-5-9-19(18)27-24(21)30/h1-13,20,26H,14H2,(H,27,30)(H,28,29,31). The first-order valence-corrected chi connectivity index (χ1v) is 11.0. The van der Waals surface area contributed by atoms with Crippen LogP contribution in [0.2, 0.25) is 0 Å². The Hall–Kier alpha value is -3.84. The maximum Gasteiger partial charge on any atom is 0.286 e. The van der Waals surface area contributed by atoms with E-state index >= 15 is 0 Å². The zero-order valence-electron chi connectivity index (χ0n) is 16.9. The molecule has 3 N–H and O–H groups in total. The van der Waals surface area contributed by atoms with E-state index in [1.807, 2.05) is 78.9 Å². The lowest BCUT2D eigenvalue weighted by atomic mass is 10.00. The molecule has 32 heavy (non-hydrogen) atoms. The number of carbonyl (C=O) groups is 3. The van der Waals surface area contributed by atoms with Crippen molar-refractivity contribution in [3.8, 4) is 0 Å². The molecule has 3 aromatic rings. The molecular weight excluding hydrogens is 422 g/mol. The third-order valence-corrected chi connectivity index (χ3v) is 6.38. The molecule has 0 spiro atoms. The van der Waals surface area contributed by atoms with Crippen LogP contribution in [0.5, 0.6) is 0 Å². The number of amides is 3. The highest BCUT2D eigenvalue weighted by Gasteiger charge is 2.31. The molecule has 2 heterocycles. The molecule has 3 aromatic carbocycles. The third kappa shape index (κ3) is 3.90. The quantitative estimate of drug-likeness (QED) is 0.507. The van der Waals surface area contributed by atoms with Gasteiger partial charge in [-0.3, -0.25) is 19.7 Å². The predicted octanol–water partition coefficient (Wildman–Crippen LogP) is 4.51. The fourth-order valence-electron chi connectivity index (χ4n) is 3.86. The van der Waals surface area contributed by atoms with Gasteiger partial charge < -0.3 is 10.6 Å². The Morgan fingerprint density at radius 1 is 0.844 bits per heavy atom. The summed E-state index contributed by atoms with van der Waals surface area (Å²) < 4.78 is 0. The number of nitrogens with one attached hydrogen (secondary N) is 3. The van der Waals surface area contributed by atoms with Crippen LogP contribution >= 0.6 is 11.8 Å². The first-order chi connectivity index (χ1) is 15.6. The zero-order chi connectivity index (χ0) is 22.1. The maximum atomic E-state index is 12.9. The SMILES string of the molecule is O=C1NC(=O)C(Cc2ccc(NC(=C3C(=O)Nc4ccccc43)c3ccccc3)cc2)S1. The highest BCUT2D eigenvalue weighted by Crippen LogP contribution is 2.37. The van der Waals surface area contributed by atoms with Crippen LogP contribution in [0, 0.1) is 0 Å². The molecule has 5 rings (SSSR count). The minimum Gasteiger partial charge on any atom is -0.354 e. The highest BCUT2D eigenvalue weighted by molar-refractivity contribution is 8.15. The Labute approximate surface area is 189 Å². The van der Waals surface area contributed by atoms with Gasteiger partial charge in [-0.05, 0) is 35.7 Å². The molecule has 1 atom stereocenters. The zero-order valence-corrected chi connectivity index (χ0v) is 17.7. The van der Waals surface area contributed by atoms with Crippen LogP contribution in [-0.4, -0.2) is 22.3 Å². The second kappa shape index (κ2) is 8.36. The Balaban J connectivity index is 1.46. The molecule has 1 unspecified atom stereocenters. The number of para-hydroxylation sites is 1. The van der Waals surface area contributed by atoms with Crippen LogP contribution in [0.3, 0.4) is 0 Å². The number of imide groups is 1. The van der Waals surface area contributed by atoms with E-state index in [0.29, 0.717) is 12.0 Å². The molecule has 6 nitrogen and oxygen atoms in total. The van der Waals surface area contributed by atoms with Crippen LogP contribution in [0.25, 0.3) is 11.3 Å². The van der Waals surface area contributed by atoms with Gasteiger partial charge in [0.1, 0.15) is 0 Å². The van der Waals surface area contributed by atoms with Crippen molar-refractivity contribution < 1.29 is 14.4 Å². The number of rotatable bonds is 5. The van der Waals surface area contributed by atoms with Gasteiger partial charge in [0.2, 0.25) is 5.91 Å². The van der Waals surface area contributed by atoms with Crippen molar-refractivity contribution in [2.45, 2.75) is 11.7 Å². The van der Waals surface area contributed by atoms with E-state index in [0.717, 1.165) is 45.5 Å². The largest absolute Gasteiger partial charge is 0.354 e. The van der Waals surface area contributed by atoms with Crippen molar-refractivity contribution in [3.63, 3.8) is 0 Å². The van der Waals surface area contributed by atoms with E-state index in [1.165, 1.54) is 0 Å². The summed E-state index contributed by atoms with van der Waals surface area (Å²) in [4.78, 5) is 36.1. The average Bonchev–Trinajstić information content (AvgIpc) is 3.30. The van der Waals surface area contributed by atoms with Crippen molar-refractivity contribution in [1.29, 1.82) is 0 Å². The van der Waals surface area contributed by atoms with Gasteiger partial charge in [0.05, 0.1) is 16.5 Å². The summed E-state index contributed by atoms with van der Waals surface area (Å²) in [7, 11) is 0. The second-order valence-electron chi connectivity index (χ2n) is 7.52. The van der Waals surface area contributed by atoms with Gasteiger partial charge in [-0.1, -0.05) is 72.4 Å². The summed E-state index contributed by atoms with van der Waals surface area (Å²) in [6.07, 6.45) is 0.477. The molecule has 2 aliphatic heterocycles. The monoisotopic (exact) mass is 441 g/mol. The van der Waals surface area contributed by atoms with E-state index in [1.54, 1.807) is 0 Å². The first-order valence-electron chi connectivity index (χ1n) is 10.2. The van der Waals surface area contributed by atoms with Crippen LogP contribution in [-0.2, 0) is 16.0 Å². The van der Waals surface area contributed by atoms with Crippen LogP contribution in [0.15, 0.2) is 78.9 Å². The fourth-order valence-corrected chi connectivity index (χ4v) is 4.72. The number of carbonyl (C=O) groups excluding carboxylic acids is 3. The molecule has 0 aromatic heterocycles. The summed E-state index contributed by atoms with van der Waals surface area (Å²) in [5, 5.41) is 7.98. The summed E-state index contributed by atoms with van der Waals surface area (Å²) in [5.74, 6) is -0.396. The molecule has 1 saturated heterocycles. The van der Waals surface area contributed by atoms with Gasteiger partial charge in [0.25, 0.3) is 11.1 Å². The Kier molecular flexibility index (Phi) is 5.25. The lowest BCUT2D eigenvalue weighted by Crippen LogP contribution is -2.25. The van der Waals surface area contributed by atoms with Crippen molar-refractivity contribution in [2.24, 2.45) is 0 Å². The van der Waals surface area contributed by atoms with Gasteiger partial charge in [0, 0.05) is 16.9 Å². The van der Waals surface area contributed by atoms with Crippen molar-refractivity contribution in [3.05, 3.63) is 95.6 Å². The summed E-state index contributed by atoms with van der Waals surface area (Å²) in [5.41, 5.74) is 5.63. The van der Waals surface area contributed by atoms with Gasteiger partial charge in [-0.25, -0.2) is 0 Å². The molecule has 7 heteroatoms. The van der Waals surface area contributed by atoms with Gasteiger partial charge >= 0.3 is 0 Å². The summed E-state index contributed by atoms with van der Waals surface area (Å²) in [6, 6.07) is 25.0. The summed E-state index contributed by atoms with van der Waals surface area (Å²) in [6.45, 7) is 0. The number of benzene rings is 3. The predicted molar refractivity (Wildman–Crippen MR) is 127 cm³/mol. The third-order valence-electron chi connectivity index (χ3n) is 5.40. The number of thioether (sulfide) groups is 1. The molecule has 0 bridgehead atoms. The lowest BCUT2D eigenvalue weighted by Gasteiger charge is -2.15. The van der Waals surface area contributed by atoms with Crippen molar-refractivity contribution in [1.82, 2.24) is 5.32 Å². The molecule has 3 amide bonds. The molecule has 0 aliphatic carbocycles. The molecule has 0 saturated carbocycles. The molecule has 0 radical (unpaired) electrons. The fraction of sp³-hybridized carbons (Fsp3) is 0.0800. The minimum absolute atomic E-state index is 0.150. The Morgan fingerprint density at radius 2 is 1.56 bits per heavy atom. The molecule has 1 fully saturated rings. The van der Waals surface area contributed by atoms with Crippen LogP contribution in [0.1, 0.15) is 16.7 Å². The average molecular weight is 442 g/mol. The topological polar surface area (TPSA) is 87.3 Å². The van der Waals surface area contributed by atoms with Gasteiger partial charge in [-0.2, -0.15) is 0 Å². The minimum atomic E-state index is -0.401. The van der Waals surface area contributed by atoms with Crippen molar-refractivity contribution in [2.75, 3.05) is 10.6 Å². The first kappa shape index (κ1) is 20.1. The van der Waals surface area contributed by atoms with Gasteiger partial charge in [0.15, 0.2) is 0 Å². The Morgan fingerprint density at radius 3 is 2.28 bits per heavy atom.